The van der Waals surface area contributed by atoms with Gasteiger partial charge >= 0.3 is 0 Å². The molecule has 0 saturated carbocycles. The number of rotatable bonds is 0. The van der Waals surface area contributed by atoms with E-state index in [1.165, 1.54) is 24.3 Å². The number of fused-ring (bicyclic) bond motifs is 7. The smallest absolute Gasteiger partial charge is 0.138 e. The SMILES string of the molecule is N#CC(C#N)=C1c2ccc3c(c2-c2cccc(F)c21)C(=C(C#N)C#N)c1c(F)cccc1-3. The maximum absolute atomic E-state index is 15.0. The van der Waals surface area contributed by atoms with E-state index in [0.717, 1.165) is 0 Å². The molecule has 0 fully saturated rings. The fraction of sp³-hybridized carbons (Fsp3) is 0. The maximum atomic E-state index is 15.0. The molecule has 0 atom stereocenters. The van der Waals surface area contributed by atoms with Gasteiger partial charge < -0.3 is 0 Å². The van der Waals surface area contributed by atoms with Gasteiger partial charge in [-0.15, -0.1) is 0 Å². The van der Waals surface area contributed by atoms with Crippen LogP contribution in [0.2, 0.25) is 0 Å². The van der Waals surface area contributed by atoms with Gasteiger partial charge in [0, 0.05) is 27.8 Å². The summed E-state index contributed by atoms with van der Waals surface area (Å²) in [5.41, 5.74) is 2.77. The van der Waals surface area contributed by atoms with Crippen molar-refractivity contribution < 1.29 is 8.78 Å². The van der Waals surface area contributed by atoms with Crippen LogP contribution in [0.3, 0.4) is 0 Å². The molecule has 0 spiro atoms. The molecule has 0 N–H and O–H groups in total. The average molecular weight is 414 g/mol. The Hall–Kier alpha value is -5.04. The Bertz CT molecular complexity index is 1600. The van der Waals surface area contributed by atoms with Crippen LogP contribution in [0, 0.1) is 57.0 Å². The van der Waals surface area contributed by atoms with Crippen molar-refractivity contribution in [1.82, 2.24) is 0 Å². The van der Waals surface area contributed by atoms with Crippen molar-refractivity contribution in [3.8, 4) is 46.5 Å². The zero-order valence-electron chi connectivity index (χ0n) is 16.2. The summed E-state index contributed by atoms with van der Waals surface area (Å²) in [6, 6.07) is 19.6. The molecule has 0 aromatic heterocycles. The quantitative estimate of drug-likeness (QED) is 0.307. The Morgan fingerprint density at radius 3 is 1.56 bits per heavy atom. The minimum atomic E-state index is -0.613. The van der Waals surface area contributed by atoms with Crippen molar-refractivity contribution in [1.29, 1.82) is 21.0 Å². The van der Waals surface area contributed by atoms with E-state index < -0.39 is 11.6 Å². The Morgan fingerprint density at radius 2 is 0.969 bits per heavy atom. The molecule has 2 aliphatic rings. The number of benzene rings is 3. The van der Waals surface area contributed by atoms with Crippen LogP contribution in [0.5, 0.6) is 0 Å². The van der Waals surface area contributed by atoms with E-state index in [4.69, 9.17) is 0 Å². The summed E-state index contributed by atoms with van der Waals surface area (Å²) in [6.07, 6.45) is 0. The molecule has 5 rings (SSSR count). The molecule has 0 radical (unpaired) electrons. The third-order valence-electron chi connectivity index (χ3n) is 5.76. The lowest BCUT2D eigenvalue weighted by Gasteiger charge is -2.11. The molecule has 0 bridgehead atoms. The van der Waals surface area contributed by atoms with Crippen LogP contribution >= 0.6 is 0 Å². The van der Waals surface area contributed by atoms with Crippen LogP contribution in [-0.4, -0.2) is 0 Å². The fourth-order valence-electron chi connectivity index (χ4n) is 4.61. The second-order valence-electron chi connectivity index (χ2n) is 7.18. The van der Waals surface area contributed by atoms with Gasteiger partial charge in [-0.1, -0.05) is 36.4 Å². The molecule has 0 heterocycles. The summed E-state index contributed by atoms with van der Waals surface area (Å²) >= 11 is 0. The molecule has 0 saturated heterocycles. The predicted octanol–water partition coefficient (Wildman–Crippen LogP) is 5.62. The van der Waals surface area contributed by atoms with Crippen LogP contribution in [-0.2, 0) is 0 Å². The number of nitriles is 4. The molecule has 4 nitrogen and oxygen atoms in total. The highest BCUT2D eigenvalue weighted by molar-refractivity contribution is 6.15. The first kappa shape index (κ1) is 19.0. The first-order chi connectivity index (χ1) is 15.6. The van der Waals surface area contributed by atoms with E-state index in [1.54, 1.807) is 24.3 Å². The van der Waals surface area contributed by atoms with Crippen molar-refractivity contribution in [2.45, 2.75) is 0 Å². The largest absolute Gasteiger partial charge is 0.206 e. The zero-order chi connectivity index (χ0) is 22.6. The van der Waals surface area contributed by atoms with Crippen molar-refractivity contribution in [2.75, 3.05) is 0 Å². The van der Waals surface area contributed by atoms with Crippen molar-refractivity contribution in [3.05, 3.63) is 93.6 Å². The summed E-state index contributed by atoms with van der Waals surface area (Å²) in [7, 11) is 0. The van der Waals surface area contributed by atoms with E-state index in [-0.39, 0.29) is 33.4 Å². The molecule has 3 aromatic rings. The molecular formula is C26H8F2N4. The van der Waals surface area contributed by atoms with E-state index in [1.807, 2.05) is 24.3 Å². The van der Waals surface area contributed by atoms with Crippen LogP contribution in [0.1, 0.15) is 22.3 Å². The zero-order valence-corrected chi connectivity index (χ0v) is 16.2. The van der Waals surface area contributed by atoms with Crippen LogP contribution in [0.4, 0.5) is 8.78 Å². The molecule has 146 valence electrons. The van der Waals surface area contributed by atoms with Crippen LogP contribution in [0.25, 0.3) is 33.4 Å². The molecule has 2 aliphatic carbocycles. The number of hydrogen-bond donors (Lipinski definition) is 0. The predicted molar refractivity (Wildman–Crippen MR) is 112 cm³/mol. The lowest BCUT2D eigenvalue weighted by Crippen LogP contribution is -1.94. The molecule has 3 aromatic carbocycles. The molecule has 32 heavy (non-hydrogen) atoms. The molecule has 0 aliphatic heterocycles. The Kier molecular flexibility index (Phi) is 4.00. The van der Waals surface area contributed by atoms with E-state index in [2.05, 4.69) is 0 Å². The lowest BCUT2D eigenvalue weighted by molar-refractivity contribution is 0.624. The van der Waals surface area contributed by atoms with Crippen molar-refractivity contribution in [2.24, 2.45) is 0 Å². The van der Waals surface area contributed by atoms with Gasteiger partial charge in [-0.05, 0) is 39.9 Å². The monoisotopic (exact) mass is 414 g/mol. The topological polar surface area (TPSA) is 95.2 Å². The highest BCUT2D eigenvalue weighted by atomic mass is 19.1. The highest BCUT2D eigenvalue weighted by Crippen LogP contribution is 2.56. The number of halogens is 2. The van der Waals surface area contributed by atoms with Crippen molar-refractivity contribution >= 4 is 11.1 Å². The van der Waals surface area contributed by atoms with Gasteiger partial charge in [-0.3, -0.25) is 0 Å². The van der Waals surface area contributed by atoms with Gasteiger partial charge in [0.25, 0.3) is 0 Å². The highest BCUT2D eigenvalue weighted by Gasteiger charge is 2.38. The molecule has 0 unspecified atom stereocenters. The minimum absolute atomic E-state index is 0.0974. The molecule has 0 amide bonds. The van der Waals surface area contributed by atoms with Crippen LogP contribution < -0.4 is 0 Å². The minimum Gasteiger partial charge on any atom is -0.206 e. The van der Waals surface area contributed by atoms with Gasteiger partial charge in [-0.25, -0.2) is 8.78 Å². The fourth-order valence-corrected chi connectivity index (χ4v) is 4.61. The van der Waals surface area contributed by atoms with Crippen molar-refractivity contribution in [3.63, 3.8) is 0 Å². The second-order valence-corrected chi connectivity index (χ2v) is 7.18. The van der Waals surface area contributed by atoms with E-state index >= 15 is 0 Å². The molecular weight excluding hydrogens is 406 g/mol. The van der Waals surface area contributed by atoms with E-state index in [9.17, 15) is 29.8 Å². The Balaban J connectivity index is 2.05. The summed E-state index contributed by atoms with van der Waals surface area (Å²) < 4.78 is 29.9. The summed E-state index contributed by atoms with van der Waals surface area (Å²) in [5, 5.41) is 38.3. The lowest BCUT2D eigenvalue weighted by atomic mass is 9.90. The van der Waals surface area contributed by atoms with Gasteiger partial charge in [0.15, 0.2) is 0 Å². The number of allylic oxidation sites excluding steroid dienone is 2. The third kappa shape index (κ3) is 2.24. The number of nitrogens with zero attached hydrogens (tertiary/aromatic N) is 4. The first-order valence-electron chi connectivity index (χ1n) is 9.42. The Morgan fingerprint density at radius 1 is 0.500 bits per heavy atom. The average Bonchev–Trinajstić information content (AvgIpc) is 3.31. The van der Waals surface area contributed by atoms with Gasteiger partial charge in [-0.2, -0.15) is 21.0 Å². The van der Waals surface area contributed by atoms with Gasteiger partial charge in [0.05, 0.1) is 0 Å². The number of hydrogen-bond acceptors (Lipinski definition) is 4. The molecule has 6 heteroatoms. The summed E-state index contributed by atoms with van der Waals surface area (Å²) in [5.74, 6) is -1.20. The summed E-state index contributed by atoms with van der Waals surface area (Å²) in [4.78, 5) is 0. The third-order valence-corrected chi connectivity index (χ3v) is 5.76. The first-order valence-corrected chi connectivity index (χ1v) is 9.42. The van der Waals surface area contributed by atoms with Crippen LogP contribution in [0.15, 0.2) is 59.7 Å². The Labute approximate surface area is 181 Å². The second kappa shape index (κ2) is 6.75. The standard InChI is InChI=1S/C26H8F2N4/c27-19-5-1-3-15-16-7-8-18-21(13(9-29)10-30)25-17(4-2-6-20(25)28)23(18)26(16)22(24(15)19)14(11-31)12-32/h1-8H. The normalized spacial score (nSPS) is 11.8. The van der Waals surface area contributed by atoms with E-state index in [0.29, 0.717) is 33.4 Å². The van der Waals surface area contributed by atoms with Gasteiger partial charge in [0.2, 0.25) is 0 Å². The maximum Gasteiger partial charge on any atom is 0.138 e. The van der Waals surface area contributed by atoms with Gasteiger partial charge in [0.1, 0.15) is 47.1 Å². The summed E-state index contributed by atoms with van der Waals surface area (Å²) in [6.45, 7) is 0.